The van der Waals surface area contributed by atoms with Gasteiger partial charge in [-0.2, -0.15) is 0 Å². The van der Waals surface area contributed by atoms with Crippen LogP contribution in [0.25, 0.3) is 0 Å². The molecule has 1 amide bonds. The van der Waals surface area contributed by atoms with Crippen molar-refractivity contribution in [3.63, 3.8) is 0 Å². The maximum atomic E-state index is 11.0. The van der Waals surface area contributed by atoms with Gasteiger partial charge in [0.15, 0.2) is 0 Å². The molecule has 0 aliphatic carbocycles. The Kier molecular flexibility index (Phi) is 1.55. The summed E-state index contributed by atoms with van der Waals surface area (Å²) in [6.45, 7) is 5.88. The SMILES string of the molecule is CC1=CCC(C)(C)NC1=O. The molecule has 0 radical (unpaired) electrons. The van der Waals surface area contributed by atoms with Crippen molar-refractivity contribution < 1.29 is 4.79 Å². The minimum atomic E-state index is -0.0450. The third-order valence-electron chi connectivity index (χ3n) is 1.73. The van der Waals surface area contributed by atoms with E-state index in [2.05, 4.69) is 5.32 Å². The molecule has 1 aliphatic rings. The second-order valence-electron chi connectivity index (χ2n) is 3.43. The first-order chi connectivity index (χ1) is 4.51. The van der Waals surface area contributed by atoms with E-state index < -0.39 is 0 Å². The molecule has 0 saturated heterocycles. The van der Waals surface area contributed by atoms with Gasteiger partial charge < -0.3 is 5.32 Å². The highest BCUT2D eigenvalue weighted by Crippen LogP contribution is 2.16. The van der Waals surface area contributed by atoms with Gasteiger partial charge in [-0.3, -0.25) is 4.79 Å². The fourth-order valence-corrected chi connectivity index (χ4v) is 0.958. The highest BCUT2D eigenvalue weighted by molar-refractivity contribution is 5.94. The topological polar surface area (TPSA) is 29.1 Å². The third-order valence-corrected chi connectivity index (χ3v) is 1.73. The highest BCUT2D eigenvalue weighted by Gasteiger charge is 2.23. The normalized spacial score (nSPS) is 23.5. The lowest BCUT2D eigenvalue weighted by Gasteiger charge is -2.28. The Bertz CT molecular complexity index is 191. The number of hydrogen-bond donors (Lipinski definition) is 1. The number of carbonyl (C=O) groups is 1. The summed E-state index contributed by atoms with van der Waals surface area (Å²) in [6.07, 6.45) is 2.92. The molecular formula is C8H13NO. The van der Waals surface area contributed by atoms with Gasteiger partial charge in [-0.15, -0.1) is 0 Å². The summed E-state index contributed by atoms with van der Waals surface area (Å²) in [4.78, 5) is 11.0. The van der Waals surface area contributed by atoms with Crippen molar-refractivity contribution in [1.29, 1.82) is 0 Å². The molecule has 1 N–H and O–H groups in total. The molecule has 0 aromatic rings. The summed E-state index contributed by atoms with van der Waals surface area (Å²) in [7, 11) is 0. The van der Waals surface area contributed by atoms with E-state index in [0.717, 1.165) is 12.0 Å². The Morgan fingerprint density at radius 2 is 2.20 bits per heavy atom. The molecule has 0 aromatic heterocycles. The molecule has 56 valence electrons. The molecule has 1 heterocycles. The fourth-order valence-electron chi connectivity index (χ4n) is 0.958. The first kappa shape index (κ1) is 7.32. The molecular weight excluding hydrogens is 126 g/mol. The average molecular weight is 139 g/mol. The quantitative estimate of drug-likeness (QED) is 0.537. The van der Waals surface area contributed by atoms with Crippen molar-refractivity contribution in [2.45, 2.75) is 32.7 Å². The minimum Gasteiger partial charge on any atom is -0.347 e. The van der Waals surface area contributed by atoms with Gasteiger partial charge in [0, 0.05) is 11.1 Å². The van der Waals surface area contributed by atoms with Crippen LogP contribution in [0.15, 0.2) is 11.6 Å². The van der Waals surface area contributed by atoms with Gasteiger partial charge in [0.25, 0.3) is 0 Å². The fraction of sp³-hybridized carbons (Fsp3) is 0.625. The Morgan fingerprint density at radius 3 is 2.60 bits per heavy atom. The van der Waals surface area contributed by atoms with E-state index in [9.17, 15) is 4.79 Å². The largest absolute Gasteiger partial charge is 0.347 e. The molecule has 0 atom stereocenters. The number of amides is 1. The monoisotopic (exact) mass is 139 g/mol. The zero-order valence-corrected chi connectivity index (χ0v) is 6.69. The van der Waals surface area contributed by atoms with Gasteiger partial charge in [-0.25, -0.2) is 0 Å². The number of carbonyl (C=O) groups excluding carboxylic acids is 1. The lowest BCUT2D eigenvalue weighted by Crippen LogP contribution is -2.45. The Morgan fingerprint density at radius 1 is 1.60 bits per heavy atom. The lowest BCUT2D eigenvalue weighted by molar-refractivity contribution is -0.119. The van der Waals surface area contributed by atoms with Gasteiger partial charge in [0.2, 0.25) is 5.91 Å². The molecule has 0 bridgehead atoms. The van der Waals surface area contributed by atoms with Crippen LogP contribution in [0.4, 0.5) is 0 Å². The van der Waals surface area contributed by atoms with Crippen molar-refractivity contribution in [1.82, 2.24) is 5.32 Å². The molecule has 0 spiro atoms. The molecule has 2 heteroatoms. The first-order valence-corrected chi connectivity index (χ1v) is 3.50. The summed E-state index contributed by atoms with van der Waals surface area (Å²) in [5.41, 5.74) is 0.788. The molecule has 1 rings (SSSR count). The number of rotatable bonds is 0. The number of hydrogen-bond acceptors (Lipinski definition) is 1. The zero-order chi connectivity index (χ0) is 7.78. The molecule has 0 fully saturated rings. The third kappa shape index (κ3) is 1.38. The van der Waals surface area contributed by atoms with Gasteiger partial charge in [0.1, 0.15) is 0 Å². The van der Waals surface area contributed by atoms with E-state index in [4.69, 9.17) is 0 Å². The molecule has 0 unspecified atom stereocenters. The van der Waals surface area contributed by atoms with Crippen molar-refractivity contribution in [3.8, 4) is 0 Å². The number of nitrogens with one attached hydrogen (secondary N) is 1. The van der Waals surface area contributed by atoms with E-state index in [0.29, 0.717) is 0 Å². The summed E-state index contributed by atoms with van der Waals surface area (Å²) < 4.78 is 0. The lowest BCUT2D eigenvalue weighted by atomic mass is 9.95. The molecule has 1 aliphatic heterocycles. The van der Waals surface area contributed by atoms with Crippen LogP contribution in [0, 0.1) is 0 Å². The predicted molar refractivity (Wildman–Crippen MR) is 40.6 cm³/mol. The summed E-state index contributed by atoms with van der Waals surface area (Å²) in [6, 6.07) is 0. The minimum absolute atomic E-state index is 0.0450. The van der Waals surface area contributed by atoms with E-state index in [-0.39, 0.29) is 11.4 Å². The van der Waals surface area contributed by atoms with Gasteiger partial charge in [0.05, 0.1) is 0 Å². The van der Waals surface area contributed by atoms with E-state index in [1.54, 1.807) is 0 Å². The van der Waals surface area contributed by atoms with Crippen LogP contribution in [-0.4, -0.2) is 11.4 Å². The Hall–Kier alpha value is -0.790. The van der Waals surface area contributed by atoms with Gasteiger partial charge in [-0.05, 0) is 27.2 Å². The predicted octanol–water partition coefficient (Wildman–Crippen LogP) is 1.23. The van der Waals surface area contributed by atoms with Crippen molar-refractivity contribution >= 4 is 5.91 Å². The average Bonchev–Trinajstić information content (AvgIpc) is 1.79. The second kappa shape index (κ2) is 2.11. The Labute approximate surface area is 61.3 Å². The van der Waals surface area contributed by atoms with Crippen LogP contribution >= 0.6 is 0 Å². The highest BCUT2D eigenvalue weighted by atomic mass is 16.1. The van der Waals surface area contributed by atoms with Crippen LogP contribution in [-0.2, 0) is 4.79 Å². The van der Waals surface area contributed by atoms with Crippen molar-refractivity contribution in [2.24, 2.45) is 0 Å². The maximum absolute atomic E-state index is 11.0. The molecule has 0 aromatic carbocycles. The summed E-state index contributed by atoms with van der Waals surface area (Å²) in [5, 5.41) is 2.90. The van der Waals surface area contributed by atoms with Gasteiger partial charge >= 0.3 is 0 Å². The Balaban J connectivity index is 2.79. The van der Waals surface area contributed by atoms with E-state index in [1.807, 2.05) is 26.8 Å². The van der Waals surface area contributed by atoms with E-state index in [1.165, 1.54) is 0 Å². The van der Waals surface area contributed by atoms with Crippen LogP contribution in [0.3, 0.4) is 0 Å². The van der Waals surface area contributed by atoms with Crippen molar-refractivity contribution in [2.75, 3.05) is 0 Å². The molecule has 2 nitrogen and oxygen atoms in total. The van der Waals surface area contributed by atoms with Crippen LogP contribution in [0.5, 0.6) is 0 Å². The van der Waals surface area contributed by atoms with E-state index >= 15 is 0 Å². The zero-order valence-electron chi connectivity index (χ0n) is 6.69. The van der Waals surface area contributed by atoms with Crippen molar-refractivity contribution in [3.05, 3.63) is 11.6 Å². The second-order valence-corrected chi connectivity index (χ2v) is 3.43. The standard InChI is InChI=1S/C8H13NO/c1-6-4-5-8(2,3)9-7(6)10/h4H,5H2,1-3H3,(H,9,10). The van der Waals surface area contributed by atoms with Crippen LogP contribution < -0.4 is 5.32 Å². The first-order valence-electron chi connectivity index (χ1n) is 3.50. The smallest absolute Gasteiger partial charge is 0.247 e. The van der Waals surface area contributed by atoms with Gasteiger partial charge in [-0.1, -0.05) is 6.08 Å². The van der Waals surface area contributed by atoms with Crippen LogP contribution in [0.2, 0.25) is 0 Å². The maximum Gasteiger partial charge on any atom is 0.247 e. The summed E-state index contributed by atoms with van der Waals surface area (Å²) >= 11 is 0. The van der Waals surface area contributed by atoms with Crippen LogP contribution in [0.1, 0.15) is 27.2 Å². The summed E-state index contributed by atoms with van der Waals surface area (Å²) in [5.74, 6) is 0.0660. The molecule has 10 heavy (non-hydrogen) atoms. The molecule has 0 saturated carbocycles.